The molecule has 4 aromatic rings. The van der Waals surface area contributed by atoms with Crippen molar-refractivity contribution in [3.05, 3.63) is 94.2 Å². The van der Waals surface area contributed by atoms with Crippen LogP contribution in [0.15, 0.2) is 71.8 Å². The van der Waals surface area contributed by atoms with E-state index >= 15 is 0 Å². The molecule has 0 aliphatic heterocycles. The van der Waals surface area contributed by atoms with Crippen LogP contribution in [0.1, 0.15) is 26.4 Å². The van der Waals surface area contributed by atoms with Crippen LogP contribution in [-0.2, 0) is 14.1 Å². The number of nitrogens with zero attached hydrogens (tertiary/aromatic N) is 4. The Morgan fingerprint density at radius 2 is 1.62 bits per heavy atom. The molecule has 0 unspecified atom stereocenters. The number of para-hydroxylation sites is 1. The molecule has 32 heavy (non-hydrogen) atoms. The fraction of sp³-hybridized carbons (Fsp3) is 0.130. The molecule has 0 aliphatic rings. The normalized spacial score (nSPS) is 10.7. The van der Waals surface area contributed by atoms with Crippen molar-refractivity contribution in [3.63, 3.8) is 0 Å². The van der Waals surface area contributed by atoms with E-state index in [-0.39, 0.29) is 17.2 Å². The zero-order valence-electron chi connectivity index (χ0n) is 17.9. The molecule has 162 valence electrons. The summed E-state index contributed by atoms with van der Waals surface area (Å²) >= 11 is 0. The first-order valence-electron chi connectivity index (χ1n) is 9.90. The summed E-state index contributed by atoms with van der Waals surface area (Å²) in [5.74, 6) is -0.784. The molecule has 0 saturated heterocycles. The lowest BCUT2D eigenvalue weighted by Crippen LogP contribution is -2.23. The van der Waals surface area contributed by atoms with Crippen molar-refractivity contribution in [2.24, 2.45) is 14.1 Å². The standard InChI is InChI=1S/C23H22N6O3/c1-15-20(23(32)29(28(15)3)19-10-5-4-6-11-19)26-21(30)16-8-7-9-18(12-16)25-22(31)17-13-24-27(2)14-17/h4-14H,1-3H3,(H,25,31)(H,26,30). The predicted octanol–water partition coefficient (Wildman–Crippen LogP) is 2.72. The maximum Gasteiger partial charge on any atom is 0.295 e. The smallest absolute Gasteiger partial charge is 0.295 e. The third-order valence-corrected chi connectivity index (χ3v) is 5.14. The van der Waals surface area contributed by atoms with Crippen LogP contribution in [0.25, 0.3) is 5.69 Å². The largest absolute Gasteiger partial charge is 0.322 e. The van der Waals surface area contributed by atoms with E-state index < -0.39 is 5.91 Å². The van der Waals surface area contributed by atoms with E-state index in [1.54, 1.807) is 56.2 Å². The Labute approximate surface area is 183 Å². The monoisotopic (exact) mass is 430 g/mol. The number of aryl methyl sites for hydroxylation is 1. The topological polar surface area (TPSA) is 103 Å². The van der Waals surface area contributed by atoms with E-state index in [0.717, 1.165) is 0 Å². The SMILES string of the molecule is Cc1c(NC(=O)c2cccc(NC(=O)c3cnn(C)c3)c2)c(=O)n(-c2ccccc2)n1C. The molecule has 2 aromatic carbocycles. The summed E-state index contributed by atoms with van der Waals surface area (Å²) in [5, 5.41) is 9.45. The number of amides is 2. The van der Waals surface area contributed by atoms with E-state index in [9.17, 15) is 14.4 Å². The van der Waals surface area contributed by atoms with Gasteiger partial charge in [0.1, 0.15) is 5.69 Å². The molecule has 9 nitrogen and oxygen atoms in total. The Hall–Kier alpha value is -4.40. The Bertz CT molecular complexity index is 1360. The molecule has 9 heteroatoms. The van der Waals surface area contributed by atoms with Gasteiger partial charge in [-0.05, 0) is 37.3 Å². The Kier molecular flexibility index (Phi) is 5.46. The van der Waals surface area contributed by atoms with Crippen molar-refractivity contribution in [1.82, 2.24) is 19.1 Å². The highest BCUT2D eigenvalue weighted by Gasteiger charge is 2.19. The van der Waals surface area contributed by atoms with Gasteiger partial charge in [0.2, 0.25) is 0 Å². The third kappa shape index (κ3) is 3.95. The molecule has 0 radical (unpaired) electrons. The van der Waals surface area contributed by atoms with Crippen LogP contribution in [0.3, 0.4) is 0 Å². The molecule has 0 atom stereocenters. The number of anilines is 2. The number of hydrogen-bond donors (Lipinski definition) is 2. The average molecular weight is 430 g/mol. The van der Waals surface area contributed by atoms with Crippen LogP contribution >= 0.6 is 0 Å². The highest BCUT2D eigenvalue weighted by molar-refractivity contribution is 6.07. The number of aromatic nitrogens is 4. The van der Waals surface area contributed by atoms with Crippen molar-refractivity contribution in [3.8, 4) is 5.69 Å². The molecule has 0 aliphatic carbocycles. The van der Waals surface area contributed by atoms with E-state index in [1.807, 2.05) is 30.3 Å². The summed E-state index contributed by atoms with van der Waals surface area (Å²) in [6.45, 7) is 1.76. The lowest BCUT2D eigenvalue weighted by molar-refractivity contribution is 0.101. The van der Waals surface area contributed by atoms with Crippen LogP contribution in [-0.4, -0.2) is 31.0 Å². The average Bonchev–Trinajstić information content (AvgIpc) is 3.31. The number of hydrogen-bond acceptors (Lipinski definition) is 4. The molecule has 2 N–H and O–H groups in total. The van der Waals surface area contributed by atoms with Crippen LogP contribution in [0.2, 0.25) is 0 Å². The van der Waals surface area contributed by atoms with Gasteiger partial charge in [0.25, 0.3) is 17.4 Å². The molecule has 2 aromatic heterocycles. The minimum Gasteiger partial charge on any atom is -0.322 e. The summed E-state index contributed by atoms with van der Waals surface area (Å²) < 4.78 is 4.72. The van der Waals surface area contributed by atoms with Crippen molar-refractivity contribution < 1.29 is 9.59 Å². The summed E-state index contributed by atoms with van der Waals surface area (Å²) in [4.78, 5) is 38.3. The summed E-state index contributed by atoms with van der Waals surface area (Å²) in [6, 6.07) is 15.7. The molecular weight excluding hydrogens is 408 g/mol. The molecule has 0 bridgehead atoms. The first-order chi connectivity index (χ1) is 15.3. The lowest BCUT2D eigenvalue weighted by atomic mass is 10.1. The fourth-order valence-electron chi connectivity index (χ4n) is 3.38. The molecule has 2 heterocycles. The van der Waals surface area contributed by atoms with Crippen LogP contribution < -0.4 is 16.2 Å². The van der Waals surface area contributed by atoms with E-state index in [0.29, 0.717) is 28.2 Å². The second-order valence-corrected chi connectivity index (χ2v) is 7.33. The molecule has 0 spiro atoms. The third-order valence-electron chi connectivity index (χ3n) is 5.14. The first kappa shape index (κ1) is 20.9. The highest BCUT2D eigenvalue weighted by Crippen LogP contribution is 2.17. The minimum absolute atomic E-state index is 0.200. The number of benzene rings is 2. The Balaban J connectivity index is 1.57. The van der Waals surface area contributed by atoms with Gasteiger partial charge in [0, 0.05) is 31.5 Å². The number of carbonyl (C=O) groups excluding carboxylic acids is 2. The van der Waals surface area contributed by atoms with Crippen molar-refractivity contribution in [2.45, 2.75) is 6.92 Å². The van der Waals surface area contributed by atoms with Gasteiger partial charge in [-0.15, -0.1) is 0 Å². The summed E-state index contributed by atoms with van der Waals surface area (Å²) in [5.41, 5.74) is 2.36. The molecule has 0 fully saturated rings. The van der Waals surface area contributed by atoms with Gasteiger partial charge < -0.3 is 10.6 Å². The fourth-order valence-corrected chi connectivity index (χ4v) is 3.38. The predicted molar refractivity (Wildman–Crippen MR) is 121 cm³/mol. The van der Waals surface area contributed by atoms with Gasteiger partial charge in [-0.25, -0.2) is 4.68 Å². The highest BCUT2D eigenvalue weighted by atomic mass is 16.2. The van der Waals surface area contributed by atoms with E-state index in [4.69, 9.17) is 0 Å². The van der Waals surface area contributed by atoms with E-state index in [1.165, 1.54) is 15.6 Å². The van der Waals surface area contributed by atoms with Crippen molar-refractivity contribution in [2.75, 3.05) is 10.6 Å². The zero-order valence-corrected chi connectivity index (χ0v) is 17.9. The summed E-state index contributed by atoms with van der Waals surface area (Å²) in [7, 11) is 3.48. The van der Waals surface area contributed by atoms with Gasteiger partial charge in [-0.1, -0.05) is 24.3 Å². The summed E-state index contributed by atoms with van der Waals surface area (Å²) in [6.07, 6.45) is 3.06. The van der Waals surface area contributed by atoms with Gasteiger partial charge in [-0.2, -0.15) is 5.10 Å². The second-order valence-electron chi connectivity index (χ2n) is 7.33. The van der Waals surface area contributed by atoms with Gasteiger partial charge in [0.05, 0.1) is 23.1 Å². The Morgan fingerprint density at radius 1 is 0.906 bits per heavy atom. The zero-order chi connectivity index (χ0) is 22.8. The number of nitrogens with one attached hydrogen (secondary N) is 2. The van der Waals surface area contributed by atoms with Crippen LogP contribution in [0, 0.1) is 6.92 Å². The number of rotatable bonds is 5. The second kappa shape index (κ2) is 8.38. The maximum atomic E-state index is 13.0. The quantitative estimate of drug-likeness (QED) is 0.508. The maximum absolute atomic E-state index is 13.0. The van der Waals surface area contributed by atoms with Gasteiger partial charge in [-0.3, -0.25) is 23.7 Å². The first-order valence-corrected chi connectivity index (χ1v) is 9.90. The van der Waals surface area contributed by atoms with Gasteiger partial charge >= 0.3 is 0 Å². The lowest BCUT2D eigenvalue weighted by Gasteiger charge is -2.08. The Morgan fingerprint density at radius 3 is 2.31 bits per heavy atom. The van der Waals surface area contributed by atoms with E-state index in [2.05, 4.69) is 15.7 Å². The molecule has 4 rings (SSSR count). The van der Waals surface area contributed by atoms with Crippen LogP contribution in [0.5, 0.6) is 0 Å². The van der Waals surface area contributed by atoms with Gasteiger partial charge in [0.15, 0.2) is 0 Å². The van der Waals surface area contributed by atoms with Crippen molar-refractivity contribution >= 4 is 23.2 Å². The van der Waals surface area contributed by atoms with Crippen molar-refractivity contribution in [1.29, 1.82) is 0 Å². The molecular formula is C23H22N6O3. The van der Waals surface area contributed by atoms with Crippen LogP contribution in [0.4, 0.5) is 11.4 Å². The molecule has 0 saturated carbocycles. The minimum atomic E-state index is -0.450. The number of carbonyl (C=O) groups is 2. The molecule has 2 amide bonds.